The molecule has 0 unspecified atom stereocenters. The van der Waals surface area contributed by atoms with E-state index in [1.807, 2.05) is 0 Å². The third-order valence-electron chi connectivity index (χ3n) is 3.56. The Morgan fingerprint density at radius 2 is 2.10 bits per heavy atom. The minimum absolute atomic E-state index is 0.123. The highest BCUT2D eigenvalue weighted by atomic mass is 35.5. The summed E-state index contributed by atoms with van der Waals surface area (Å²) >= 11 is 5.63. The second-order valence-corrected chi connectivity index (χ2v) is 5.55. The van der Waals surface area contributed by atoms with Crippen LogP contribution in [-0.2, 0) is 10.9 Å². The molecule has 2 rings (SSSR count). The highest BCUT2D eigenvalue weighted by molar-refractivity contribution is 6.29. The molecule has 0 saturated heterocycles. The minimum atomic E-state index is -4.42. The average Bonchev–Trinajstić information content (AvgIpc) is 3.13. The molecule has 1 fully saturated rings. The van der Waals surface area contributed by atoms with Crippen LogP contribution >= 0.6 is 11.6 Å². The van der Waals surface area contributed by atoms with Crippen molar-refractivity contribution < 1.29 is 17.9 Å². The molecule has 3 nitrogen and oxygen atoms in total. The van der Waals surface area contributed by atoms with Crippen molar-refractivity contribution in [2.24, 2.45) is 5.41 Å². The zero-order valence-corrected chi connectivity index (χ0v) is 11.8. The molecule has 1 heterocycles. The van der Waals surface area contributed by atoms with Gasteiger partial charge in [-0.3, -0.25) is 0 Å². The molecule has 1 aliphatic carbocycles. The Bertz CT molecular complexity index is 475. The summed E-state index contributed by atoms with van der Waals surface area (Å²) in [7, 11) is 1.64. The van der Waals surface area contributed by atoms with E-state index in [4.69, 9.17) is 16.3 Å². The van der Waals surface area contributed by atoms with E-state index in [0.29, 0.717) is 13.2 Å². The smallest absolute Gasteiger partial charge is 0.385 e. The van der Waals surface area contributed by atoms with Gasteiger partial charge in [-0.15, -0.1) is 0 Å². The molecule has 0 aromatic carbocycles. The van der Waals surface area contributed by atoms with Crippen LogP contribution in [0.15, 0.2) is 12.1 Å². The first-order valence-electron chi connectivity index (χ1n) is 6.32. The van der Waals surface area contributed by atoms with Crippen molar-refractivity contribution in [2.75, 3.05) is 25.6 Å². The van der Waals surface area contributed by atoms with Crippen molar-refractivity contribution >= 4 is 17.4 Å². The highest BCUT2D eigenvalue weighted by Gasteiger charge is 2.42. The lowest BCUT2D eigenvalue weighted by Gasteiger charge is -2.17. The number of rotatable bonds is 6. The Morgan fingerprint density at radius 3 is 2.65 bits per heavy atom. The van der Waals surface area contributed by atoms with Crippen molar-refractivity contribution in [1.82, 2.24) is 4.98 Å². The summed E-state index contributed by atoms with van der Waals surface area (Å²) in [5, 5.41) is 2.80. The SMILES string of the molecule is COCCC1(CNc2cc(C(F)(F)F)cc(Cl)n2)CC1. The van der Waals surface area contributed by atoms with E-state index in [2.05, 4.69) is 10.3 Å². The van der Waals surface area contributed by atoms with E-state index in [1.54, 1.807) is 7.11 Å². The Kier molecular flexibility index (Phi) is 4.44. The van der Waals surface area contributed by atoms with Crippen LogP contribution in [0.3, 0.4) is 0 Å². The van der Waals surface area contributed by atoms with Crippen LogP contribution in [0.2, 0.25) is 5.15 Å². The van der Waals surface area contributed by atoms with Crippen LogP contribution in [0.4, 0.5) is 19.0 Å². The summed E-state index contributed by atoms with van der Waals surface area (Å²) in [5.74, 6) is 0.161. The Hall–Kier alpha value is -1.01. The van der Waals surface area contributed by atoms with Crippen molar-refractivity contribution in [3.05, 3.63) is 22.8 Å². The fraction of sp³-hybridized carbons (Fsp3) is 0.615. The topological polar surface area (TPSA) is 34.1 Å². The second kappa shape index (κ2) is 5.77. The fourth-order valence-corrected chi connectivity index (χ4v) is 2.25. The van der Waals surface area contributed by atoms with Gasteiger partial charge >= 0.3 is 6.18 Å². The number of alkyl halides is 3. The van der Waals surface area contributed by atoms with Crippen molar-refractivity contribution in [2.45, 2.75) is 25.4 Å². The summed E-state index contributed by atoms with van der Waals surface area (Å²) in [4.78, 5) is 3.88. The molecule has 1 N–H and O–H groups in total. The number of pyridine rings is 1. The normalized spacial score (nSPS) is 17.1. The number of aromatic nitrogens is 1. The Morgan fingerprint density at radius 1 is 1.40 bits per heavy atom. The van der Waals surface area contributed by atoms with Gasteiger partial charge < -0.3 is 10.1 Å². The number of ether oxygens (including phenoxy) is 1. The molecular formula is C13H16ClF3N2O. The van der Waals surface area contributed by atoms with Crippen LogP contribution in [0.5, 0.6) is 0 Å². The lowest BCUT2D eigenvalue weighted by Crippen LogP contribution is -2.18. The maximum absolute atomic E-state index is 12.7. The van der Waals surface area contributed by atoms with Crippen LogP contribution in [0, 0.1) is 5.41 Å². The van der Waals surface area contributed by atoms with Gasteiger partial charge in [-0.05, 0) is 36.8 Å². The molecule has 0 bridgehead atoms. The molecule has 0 aliphatic heterocycles. The summed E-state index contributed by atoms with van der Waals surface area (Å²) in [6.07, 6.45) is -1.42. The molecule has 1 aromatic rings. The van der Waals surface area contributed by atoms with Crippen LogP contribution in [0.1, 0.15) is 24.8 Å². The standard InChI is InChI=1S/C13H16ClF3N2O/c1-20-5-4-12(2-3-12)8-18-11-7-9(13(15,16)17)6-10(14)19-11/h6-7H,2-5,8H2,1H3,(H,18,19). The average molecular weight is 309 g/mol. The molecule has 0 atom stereocenters. The molecule has 7 heteroatoms. The number of nitrogens with one attached hydrogen (secondary N) is 1. The molecule has 112 valence electrons. The largest absolute Gasteiger partial charge is 0.416 e. The zero-order valence-electron chi connectivity index (χ0n) is 11.1. The number of halogens is 4. The number of hydrogen-bond donors (Lipinski definition) is 1. The number of hydrogen-bond acceptors (Lipinski definition) is 3. The summed E-state index contributed by atoms with van der Waals surface area (Å²) < 4.78 is 43.1. The van der Waals surface area contributed by atoms with Gasteiger partial charge in [0.2, 0.25) is 0 Å². The molecular weight excluding hydrogens is 293 g/mol. The van der Waals surface area contributed by atoms with Gasteiger partial charge in [-0.1, -0.05) is 11.6 Å². The summed E-state index contributed by atoms with van der Waals surface area (Å²) in [6.45, 7) is 1.24. The third-order valence-corrected chi connectivity index (χ3v) is 3.75. The molecule has 20 heavy (non-hydrogen) atoms. The number of nitrogens with zero attached hydrogens (tertiary/aromatic N) is 1. The molecule has 1 aromatic heterocycles. The van der Waals surface area contributed by atoms with E-state index in [0.717, 1.165) is 31.4 Å². The van der Waals surface area contributed by atoms with E-state index in [-0.39, 0.29) is 16.4 Å². The van der Waals surface area contributed by atoms with E-state index < -0.39 is 11.7 Å². The third kappa shape index (κ3) is 3.99. The van der Waals surface area contributed by atoms with Gasteiger partial charge in [-0.25, -0.2) is 4.98 Å². The Labute approximate surface area is 120 Å². The first-order chi connectivity index (χ1) is 9.35. The van der Waals surface area contributed by atoms with Gasteiger partial charge in [0.15, 0.2) is 0 Å². The lowest BCUT2D eigenvalue weighted by molar-refractivity contribution is -0.137. The molecule has 0 radical (unpaired) electrons. The van der Waals surface area contributed by atoms with E-state index in [1.165, 1.54) is 0 Å². The van der Waals surface area contributed by atoms with Crippen LogP contribution in [0.25, 0.3) is 0 Å². The van der Waals surface area contributed by atoms with Gasteiger partial charge in [0, 0.05) is 20.3 Å². The zero-order chi connectivity index (χ0) is 14.8. The first kappa shape index (κ1) is 15.4. The molecule has 0 spiro atoms. The maximum atomic E-state index is 12.7. The monoisotopic (exact) mass is 308 g/mol. The fourth-order valence-electron chi connectivity index (χ4n) is 2.04. The van der Waals surface area contributed by atoms with Gasteiger partial charge in [0.05, 0.1) is 5.56 Å². The summed E-state index contributed by atoms with van der Waals surface area (Å²) in [6, 6.07) is 1.81. The maximum Gasteiger partial charge on any atom is 0.416 e. The number of anilines is 1. The Balaban J connectivity index is 2.01. The van der Waals surface area contributed by atoms with Crippen LogP contribution in [-0.4, -0.2) is 25.2 Å². The first-order valence-corrected chi connectivity index (χ1v) is 6.70. The molecule has 1 saturated carbocycles. The predicted molar refractivity (Wildman–Crippen MR) is 70.9 cm³/mol. The quantitative estimate of drug-likeness (QED) is 0.807. The van der Waals surface area contributed by atoms with E-state index >= 15 is 0 Å². The molecule has 0 amide bonds. The predicted octanol–water partition coefficient (Wildman–Crippen LogP) is 3.98. The lowest BCUT2D eigenvalue weighted by atomic mass is 10.0. The highest BCUT2D eigenvalue weighted by Crippen LogP contribution is 2.48. The summed E-state index contributed by atoms with van der Waals surface area (Å²) in [5.41, 5.74) is -0.667. The number of methoxy groups -OCH3 is 1. The van der Waals surface area contributed by atoms with Crippen molar-refractivity contribution in [3.8, 4) is 0 Å². The van der Waals surface area contributed by atoms with E-state index in [9.17, 15) is 13.2 Å². The minimum Gasteiger partial charge on any atom is -0.385 e. The van der Waals surface area contributed by atoms with Crippen molar-refractivity contribution in [3.63, 3.8) is 0 Å². The van der Waals surface area contributed by atoms with Crippen molar-refractivity contribution in [1.29, 1.82) is 0 Å². The second-order valence-electron chi connectivity index (χ2n) is 5.16. The molecule has 1 aliphatic rings. The van der Waals surface area contributed by atoms with Crippen LogP contribution < -0.4 is 5.32 Å². The van der Waals surface area contributed by atoms with Gasteiger partial charge in [-0.2, -0.15) is 13.2 Å². The van der Waals surface area contributed by atoms with Gasteiger partial charge in [0.25, 0.3) is 0 Å². The van der Waals surface area contributed by atoms with Gasteiger partial charge in [0.1, 0.15) is 11.0 Å².